The second-order valence-electron chi connectivity index (χ2n) is 2.94. The Balaban J connectivity index is 1.90. The van der Waals surface area contributed by atoms with Crippen molar-refractivity contribution in [3.05, 3.63) is 0 Å². The van der Waals surface area contributed by atoms with Crippen LogP contribution in [0.4, 0.5) is 0 Å². The van der Waals surface area contributed by atoms with Crippen LogP contribution in [0.2, 0.25) is 0 Å². The number of ketones is 1. The first-order chi connectivity index (χ1) is 5.30. The summed E-state index contributed by atoms with van der Waals surface area (Å²) < 4.78 is 5.11. The molecule has 1 N–H and O–H groups in total. The molecule has 0 amide bonds. The van der Waals surface area contributed by atoms with E-state index >= 15 is 0 Å². The van der Waals surface area contributed by atoms with Crippen molar-refractivity contribution in [3.63, 3.8) is 0 Å². The van der Waals surface area contributed by atoms with E-state index < -0.39 is 6.10 Å². The molecule has 4 heteroatoms. The first kappa shape index (κ1) is 7.21. The summed E-state index contributed by atoms with van der Waals surface area (Å²) in [5, 5.41) is 9.02. The van der Waals surface area contributed by atoms with Crippen LogP contribution in [0.15, 0.2) is 0 Å². The van der Waals surface area contributed by atoms with Crippen LogP contribution in [0.5, 0.6) is 0 Å². The number of hydrogen-bond donors (Lipinski definition) is 1. The Labute approximate surface area is 64.7 Å². The van der Waals surface area contributed by atoms with E-state index in [0.29, 0.717) is 13.2 Å². The normalized spacial score (nSPS) is 39.2. The van der Waals surface area contributed by atoms with Gasteiger partial charge in [-0.2, -0.15) is 0 Å². The van der Waals surface area contributed by atoms with E-state index in [2.05, 4.69) is 0 Å². The molecule has 2 unspecified atom stereocenters. The third-order valence-electron chi connectivity index (χ3n) is 2.21. The molecule has 2 rings (SSSR count). The van der Waals surface area contributed by atoms with E-state index in [9.17, 15) is 4.79 Å². The number of carbonyl (C=O) groups is 1. The van der Waals surface area contributed by atoms with Gasteiger partial charge in [-0.15, -0.1) is 0 Å². The second kappa shape index (κ2) is 2.55. The van der Waals surface area contributed by atoms with Crippen molar-refractivity contribution in [2.45, 2.75) is 12.1 Å². The molecular formula is C7H11NO3. The van der Waals surface area contributed by atoms with Crippen LogP contribution in [-0.2, 0) is 9.53 Å². The van der Waals surface area contributed by atoms with Crippen molar-refractivity contribution in [2.75, 3.05) is 26.3 Å². The first-order valence-corrected chi connectivity index (χ1v) is 3.84. The SMILES string of the molecule is O=C1C(O)C1N1CCOCC1. The molecule has 1 saturated heterocycles. The van der Waals surface area contributed by atoms with E-state index in [-0.39, 0.29) is 11.8 Å². The van der Waals surface area contributed by atoms with Gasteiger partial charge in [0.1, 0.15) is 12.1 Å². The molecule has 0 aromatic rings. The van der Waals surface area contributed by atoms with Crippen molar-refractivity contribution >= 4 is 5.78 Å². The van der Waals surface area contributed by atoms with Gasteiger partial charge in [0.25, 0.3) is 0 Å². The third-order valence-corrected chi connectivity index (χ3v) is 2.21. The summed E-state index contributed by atoms with van der Waals surface area (Å²) in [6.45, 7) is 2.90. The standard InChI is InChI=1S/C7H11NO3/c9-6-5(7(6)10)8-1-3-11-4-2-8/h5-6,9H,1-4H2. The summed E-state index contributed by atoms with van der Waals surface area (Å²) in [6, 6.07) is -0.209. The number of nitrogens with zero attached hydrogens (tertiary/aromatic N) is 1. The fourth-order valence-electron chi connectivity index (χ4n) is 1.45. The quantitative estimate of drug-likeness (QED) is 0.510. The molecule has 62 valence electrons. The number of Topliss-reactive ketones (excluding diaryl/α,β-unsaturated/α-hetero) is 1. The zero-order chi connectivity index (χ0) is 7.84. The Hall–Kier alpha value is -0.450. The van der Waals surface area contributed by atoms with E-state index in [0.717, 1.165) is 13.1 Å². The fraction of sp³-hybridized carbons (Fsp3) is 0.857. The number of morpholine rings is 1. The van der Waals surface area contributed by atoms with E-state index in [1.807, 2.05) is 4.90 Å². The number of hydrogen-bond acceptors (Lipinski definition) is 4. The zero-order valence-corrected chi connectivity index (χ0v) is 6.19. The van der Waals surface area contributed by atoms with E-state index in [4.69, 9.17) is 9.84 Å². The molecule has 11 heavy (non-hydrogen) atoms. The largest absolute Gasteiger partial charge is 0.383 e. The van der Waals surface area contributed by atoms with Crippen LogP contribution in [0, 0.1) is 0 Å². The Morgan fingerprint density at radius 3 is 2.45 bits per heavy atom. The van der Waals surface area contributed by atoms with Crippen LogP contribution in [0.3, 0.4) is 0 Å². The topological polar surface area (TPSA) is 49.8 Å². The highest BCUT2D eigenvalue weighted by atomic mass is 16.5. The summed E-state index contributed by atoms with van der Waals surface area (Å²) in [6.07, 6.45) is -0.715. The Bertz CT molecular complexity index is 177. The number of aliphatic hydroxyl groups is 1. The molecule has 0 aromatic carbocycles. The van der Waals surface area contributed by atoms with Crippen LogP contribution in [0.25, 0.3) is 0 Å². The minimum absolute atomic E-state index is 0.0353. The molecule has 1 aliphatic carbocycles. The van der Waals surface area contributed by atoms with Crippen LogP contribution in [0.1, 0.15) is 0 Å². The predicted octanol–water partition coefficient (Wildman–Crippen LogP) is -1.37. The third kappa shape index (κ3) is 1.17. The summed E-state index contributed by atoms with van der Waals surface area (Å²) in [4.78, 5) is 12.8. The second-order valence-corrected chi connectivity index (χ2v) is 2.94. The molecule has 1 saturated carbocycles. The highest BCUT2D eigenvalue weighted by Gasteiger charge is 2.52. The minimum atomic E-state index is -0.715. The summed E-state index contributed by atoms with van der Waals surface area (Å²) in [5.74, 6) is -0.0353. The molecule has 1 heterocycles. The summed E-state index contributed by atoms with van der Waals surface area (Å²) in [7, 11) is 0. The number of aliphatic hydroxyl groups excluding tert-OH is 1. The van der Waals surface area contributed by atoms with E-state index in [1.54, 1.807) is 0 Å². The highest BCUT2D eigenvalue weighted by Crippen LogP contribution is 2.23. The molecule has 0 radical (unpaired) electrons. The van der Waals surface area contributed by atoms with Crippen LogP contribution in [-0.4, -0.2) is 54.2 Å². The molecule has 2 atom stereocenters. The maximum atomic E-state index is 10.8. The smallest absolute Gasteiger partial charge is 0.183 e. The van der Waals surface area contributed by atoms with Crippen molar-refractivity contribution in [3.8, 4) is 0 Å². The molecule has 0 spiro atoms. The molecule has 0 aromatic heterocycles. The maximum Gasteiger partial charge on any atom is 0.183 e. The number of carbonyl (C=O) groups excluding carboxylic acids is 1. The average Bonchev–Trinajstić information content (AvgIpc) is 2.62. The Morgan fingerprint density at radius 1 is 1.45 bits per heavy atom. The van der Waals surface area contributed by atoms with Gasteiger partial charge in [-0.1, -0.05) is 0 Å². The van der Waals surface area contributed by atoms with Crippen molar-refractivity contribution in [2.24, 2.45) is 0 Å². The lowest BCUT2D eigenvalue weighted by molar-refractivity contribution is -0.113. The Morgan fingerprint density at radius 2 is 2.00 bits per heavy atom. The average molecular weight is 157 g/mol. The van der Waals surface area contributed by atoms with Gasteiger partial charge in [-0.25, -0.2) is 0 Å². The van der Waals surface area contributed by atoms with Crippen LogP contribution < -0.4 is 0 Å². The molecule has 2 aliphatic rings. The monoisotopic (exact) mass is 157 g/mol. The van der Waals surface area contributed by atoms with Crippen molar-refractivity contribution in [1.29, 1.82) is 0 Å². The van der Waals surface area contributed by atoms with Gasteiger partial charge in [-0.3, -0.25) is 9.69 Å². The molecule has 2 fully saturated rings. The first-order valence-electron chi connectivity index (χ1n) is 3.84. The molecular weight excluding hydrogens is 146 g/mol. The van der Waals surface area contributed by atoms with Gasteiger partial charge in [0.05, 0.1) is 13.2 Å². The minimum Gasteiger partial charge on any atom is -0.383 e. The van der Waals surface area contributed by atoms with Crippen LogP contribution >= 0.6 is 0 Å². The lowest BCUT2D eigenvalue weighted by Gasteiger charge is -2.25. The molecule has 1 aliphatic heterocycles. The summed E-state index contributed by atoms with van der Waals surface area (Å²) >= 11 is 0. The van der Waals surface area contributed by atoms with Gasteiger partial charge >= 0.3 is 0 Å². The molecule has 0 bridgehead atoms. The highest BCUT2D eigenvalue weighted by molar-refractivity contribution is 6.05. The Kier molecular flexibility index (Phi) is 1.67. The van der Waals surface area contributed by atoms with Gasteiger partial charge in [0.15, 0.2) is 5.78 Å². The zero-order valence-electron chi connectivity index (χ0n) is 6.19. The van der Waals surface area contributed by atoms with Gasteiger partial charge < -0.3 is 9.84 Å². The predicted molar refractivity (Wildman–Crippen MR) is 37.2 cm³/mol. The van der Waals surface area contributed by atoms with Crippen molar-refractivity contribution in [1.82, 2.24) is 4.90 Å². The van der Waals surface area contributed by atoms with E-state index in [1.165, 1.54) is 0 Å². The van der Waals surface area contributed by atoms with Gasteiger partial charge in [0, 0.05) is 13.1 Å². The number of ether oxygens (including phenoxy) is 1. The lowest BCUT2D eigenvalue weighted by Crippen LogP contribution is -2.39. The summed E-state index contributed by atoms with van der Waals surface area (Å²) in [5.41, 5.74) is 0. The van der Waals surface area contributed by atoms with Crippen molar-refractivity contribution < 1.29 is 14.6 Å². The molecule has 4 nitrogen and oxygen atoms in total. The fourth-order valence-corrected chi connectivity index (χ4v) is 1.45. The van der Waals surface area contributed by atoms with Gasteiger partial charge in [0.2, 0.25) is 0 Å². The van der Waals surface area contributed by atoms with Gasteiger partial charge in [-0.05, 0) is 0 Å². The number of rotatable bonds is 1. The maximum absolute atomic E-state index is 10.8. The lowest BCUT2D eigenvalue weighted by atomic mass is 10.4.